The van der Waals surface area contributed by atoms with Gasteiger partial charge in [-0.05, 0) is 67.3 Å². The van der Waals surface area contributed by atoms with E-state index in [0.29, 0.717) is 0 Å². The average molecular weight is 367 g/mol. The van der Waals surface area contributed by atoms with Crippen LogP contribution in [0, 0.1) is 5.92 Å². The Bertz CT molecular complexity index is 732. The van der Waals surface area contributed by atoms with E-state index in [1.54, 1.807) is 0 Å². The van der Waals surface area contributed by atoms with Crippen LogP contribution in [-0.2, 0) is 4.79 Å². The molecule has 2 N–H and O–H groups in total. The van der Waals surface area contributed by atoms with E-state index in [0.717, 1.165) is 36.1 Å². The lowest BCUT2D eigenvalue weighted by atomic mass is 9.99. The van der Waals surface area contributed by atoms with Gasteiger partial charge in [-0.25, -0.2) is 0 Å². The van der Waals surface area contributed by atoms with Crippen LogP contribution in [0.3, 0.4) is 0 Å². The lowest BCUT2D eigenvalue weighted by molar-refractivity contribution is -0.114. The number of nitrogens with zero attached hydrogens (tertiary/aromatic N) is 2. The highest BCUT2D eigenvalue weighted by Crippen LogP contribution is 2.24. The summed E-state index contributed by atoms with van der Waals surface area (Å²) in [5.41, 5.74) is 4.14. The van der Waals surface area contributed by atoms with E-state index in [1.165, 1.54) is 18.5 Å². The van der Waals surface area contributed by atoms with E-state index in [4.69, 9.17) is 0 Å². The zero-order valence-electron chi connectivity index (χ0n) is 16.5. The maximum absolute atomic E-state index is 12.2. The van der Waals surface area contributed by atoms with Gasteiger partial charge in [0.2, 0.25) is 5.91 Å². The van der Waals surface area contributed by atoms with Crippen molar-refractivity contribution >= 4 is 28.7 Å². The van der Waals surface area contributed by atoms with Crippen molar-refractivity contribution in [3.63, 3.8) is 0 Å². The summed E-state index contributed by atoms with van der Waals surface area (Å²) in [5, 5.41) is 6.11. The van der Waals surface area contributed by atoms with Crippen molar-refractivity contribution in [2.75, 3.05) is 54.2 Å². The Kier molecular flexibility index (Phi) is 6.22. The minimum absolute atomic E-state index is 0.0540. The van der Waals surface area contributed by atoms with Gasteiger partial charge in [-0.15, -0.1) is 0 Å². The zero-order valence-corrected chi connectivity index (χ0v) is 16.5. The van der Waals surface area contributed by atoms with Gasteiger partial charge in [0.1, 0.15) is 0 Å². The van der Waals surface area contributed by atoms with Gasteiger partial charge in [0.25, 0.3) is 0 Å². The van der Waals surface area contributed by atoms with Crippen molar-refractivity contribution in [3.05, 3.63) is 48.5 Å². The molecular formula is C22H30N4O. The monoisotopic (exact) mass is 366 g/mol. The molecule has 1 aliphatic heterocycles. The molecule has 2 aromatic rings. The molecule has 27 heavy (non-hydrogen) atoms. The number of piperidine rings is 1. The molecule has 1 heterocycles. The number of amides is 1. The lowest BCUT2D eigenvalue weighted by Crippen LogP contribution is -2.32. The molecule has 5 nitrogen and oxygen atoms in total. The van der Waals surface area contributed by atoms with Crippen molar-refractivity contribution in [3.8, 4) is 0 Å². The van der Waals surface area contributed by atoms with Gasteiger partial charge in [0.05, 0.1) is 6.54 Å². The second kappa shape index (κ2) is 8.80. The van der Waals surface area contributed by atoms with Crippen LogP contribution in [0.25, 0.3) is 0 Å². The normalized spacial score (nSPS) is 14.7. The highest BCUT2D eigenvalue weighted by molar-refractivity contribution is 5.93. The maximum Gasteiger partial charge on any atom is 0.243 e. The fraction of sp³-hybridized carbons (Fsp3) is 0.409. The molecule has 0 radical (unpaired) electrons. The smallest absolute Gasteiger partial charge is 0.243 e. The molecule has 0 saturated carbocycles. The SMILES string of the molecule is CC1CCN(c2ccc(NCC(=O)Nc3ccc(N(C)C)cc3)cc2)CC1. The van der Waals surface area contributed by atoms with Crippen molar-refractivity contribution in [1.82, 2.24) is 0 Å². The Morgan fingerprint density at radius 1 is 1.00 bits per heavy atom. The first kappa shape index (κ1) is 19.1. The van der Waals surface area contributed by atoms with Crippen molar-refractivity contribution in [2.45, 2.75) is 19.8 Å². The number of anilines is 4. The number of hydrogen-bond donors (Lipinski definition) is 2. The molecule has 2 aromatic carbocycles. The van der Waals surface area contributed by atoms with Gasteiger partial charge in [-0.1, -0.05) is 6.92 Å². The average Bonchev–Trinajstić information content (AvgIpc) is 2.68. The Hall–Kier alpha value is -2.69. The summed E-state index contributed by atoms with van der Waals surface area (Å²) in [6.45, 7) is 4.83. The first-order valence-corrected chi connectivity index (χ1v) is 9.67. The van der Waals surface area contributed by atoms with Crippen LogP contribution in [0.4, 0.5) is 22.7 Å². The number of carbonyl (C=O) groups is 1. The lowest BCUT2D eigenvalue weighted by Gasteiger charge is -2.32. The van der Waals surface area contributed by atoms with E-state index >= 15 is 0 Å². The highest BCUT2D eigenvalue weighted by atomic mass is 16.1. The number of carbonyl (C=O) groups excluding carboxylic acids is 1. The van der Waals surface area contributed by atoms with Crippen LogP contribution in [0.1, 0.15) is 19.8 Å². The summed E-state index contributed by atoms with van der Waals surface area (Å²) >= 11 is 0. The first-order chi connectivity index (χ1) is 13.0. The third kappa shape index (κ3) is 5.39. The van der Waals surface area contributed by atoms with Gasteiger partial charge in [-0.3, -0.25) is 4.79 Å². The molecule has 3 rings (SSSR count). The molecule has 1 saturated heterocycles. The maximum atomic E-state index is 12.2. The summed E-state index contributed by atoms with van der Waals surface area (Å²) in [4.78, 5) is 16.6. The van der Waals surface area contributed by atoms with Crippen LogP contribution in [0.15, 0.2) is 48.5 Å². The molecule has 0 aromatic heterocycles. The molecule has 5 heteroatoms. The second-order valence-electron chi connectivity index (χ2n) is 7.56. The molecule has 0 atom stereocenters. The first-order valence-electron chi connectivity index (χ1n) is 9.67. The van der Waals surface area contributed by atoms with Gasteiger partial charge in [-0.2, -0.15) is 0 Å². The van der Waals surface area contributed by atoms with E-state index < -0.39 is 0 Å². The zero-order chi connectivity index (χ0) is 19.2. The summed E-state index contributed by atoms with van der Waals surface area (Å²) in [6.07, 6.45) is 2.52. The molecule has 144 valence electrons. The fourth-order valence-corrected chi connectivity index (χ4v) is 3.29. The van der Waals surface area contributed by atoms with Crippen LogP contribution >= 0.6 is 0 Å². The van der Waals surface area contributed by atoms with Crippen LogP contribution in [0.2, 0.25) is 0 Å². The van der Waals surface area contributed by atoms with Gasteiger partial charge in [0, 0.05) is 49.9 Å². The highest BCUT2D eigenvalue weighted by Gasteiger charge is 2.15. The number of rotatable bonds is 6. The number of hydrogen-bond acceptors (Lipinski definition) is 4. The Labute approximate surface area is 162 Å². The number of nitrogens with one attached hydrogen (secondary N) is 2. The molecule has 1 aliphatic rings. The second-order valence-corrected chi connectivity index (χ2v) is 7.56. The van der Waals surface area contributed by atoms with Gasteiger partial charge in [0.15, 0.2) is 0 Å². The van der Waals surface area contributed by atoms with Crippen LogP contribution in [0.5, 0.6) is 0 Å². The van der Waals surface area contributed by atoms with Gasteiger partial charge >= 0.3 is 0 Å². The van der Waals surface area contributed by atoms with E-state index in [2.05, 4.69) is 34.6 Å². The van der Waals surface area contributed by atoms with E-state index in [9.17, 15) is 4.79 Å². The predicted molar refractivity (Wildman–Crippen MR) is 115 cm³/mol. The molecule has 0 spiro atoms. The summed E-state index contributed by atoms with van der Waals surface area (Å²) in [6, 6.07) is 16.2. The Balaban J connectivity index is 1.47. The third-order valence-corrected chi connectivity index (χ3v) is 5.14. The minimum atomic E-state index is -0.0540. The topological polar surface area (TPSA) is 47.6 Å². The van der Waals surface area contributed by atoms with Crippen LogP contribution < -0.4 is 20.4 Å². The van der Waals surface area contributed by atoms with E-state index in [-0.39, 0.29) is 12.5 Å². The van der Waals surface area contributed by atoms with Crippen molar-refractivity contribution in [2.24, 2.45) is 5.92 Å². The minimum Gasteiger partial charge on any atom is -0.378 e. The van der Waals surface area contributed by atoms with Crippen molar-refractivity contribution in [1.29, 1.82) is 0 Å². The molecular weight excluding hydrogens is 336 g/mol. The quantitative estimate of drug-likeness (QED) is 0.810. The third-order valence-electron chi connectivity index (χ3n) is 5.14. The molecule has 1 fully saturated rings. The molecule has 0 unspecified atom stereocenters. The van der Waals surface area contributed by atoms with Crippen molar-refractivity contribution < 1.29 is 4.79 Å². The van der Waals surface area contributed by atoms with Gasteiger partial charge < -0.3 is 20.4 Å². The van der Waals surface area contributed by atoms with Crippen LogP contribution in [-0.4, -0.2) is 39.6 Å². The fourth-order valence-electron chi connectivity index (χ4n) is 3.29. The molecule has 0 aliphatic carbocycles. The van der Waals surface area contributed by atoms with E-state index in [1.807, 2.05) is 55.4 Å². The molecule has 1 amide bonds. The largest absolute Gasteiger partial charge is 0.378 e. The predicted octanol–water partition coefficient (Wildman–Crippen LogP) is 4.04. The number of benzene rings is 2. The summed E-state index contributed by atoms with van der Waals surface area (Å²) in [5.74, 6) is 0.779. The Morgan fingerprint density at radius 3 is 2.19 bits per heavy atom. The standard InChI is InChI=1S/C22H30N4O/c1-17-12-14-26(15-13-17)21-10-4-18(5-11-21)23-16-22(27)24-19-6-8-20(9-7-19)25(2)3/h4-11,17,23H,12-16H2,1-3H3,(H,24,27). The summed E-state index contributed by atoms with van der Waals surface area (Å²) in [7, 11) is 3.99. The molecule has 0 bridgehead atoms. The summed E-state index contributed by atoms with van der Waals surface area (Å²) < 4.78 is 0. The Morgan fingerprint density at radius 2 is 1.59 bits per heavy atom.